The lowest BCUT2D eigenvalue weighted by Crippen LogP contribution is -2.46. The number of thiocarbonyl (C=S) groups is 1. The SMILES string of the molecule is CC1=C(c2nc(-c3cccc(F)c3)no2)C(c2ccccc2)NC(=S)N1c1ccc(Cl)cc1. The van der Waals surface area contributed by atoms with Crippen molar-refractivity contribution < 1.29 is 8.91 Å². The molecule has 0 spiro atoms. The zero-order chi connectivity index (χ0) is 22.9. The molecule has 8 heteroatoms. The molecular formula is C25H18ClFN4OS. The van der Waals surface area contributed by atoms with Crippen LogP contribution in [0.15, 0.2) is 89.1 Å². The molecular weight excluding hydrogens is 459 g/mol. The molecule has 1 unspecified atom stereocenters. The van der Waals surface area contributed by atoms with Crippen molar-refractivity contribution in [3.8, 4) is 11.4 Å². The lowest BCUT2D eigenvalue weighted by atomic mass is 9.94. The molecule has 0 saturated heterocycles. The Kier molecular flexibility index (Phi) is 5.66. The van der Waals surface area contributed by atoms with E-state index in [0.717, 1.165) is 22.5 Å². The van der Waals surface area contributed by atoms with Crippen LogP contribution in [0.25, 0.3) is 17.0 Å². The van der Waals surface area contributed by atoms with Gasteiger partial charge in [-0.05, 0) is 61.1 Å². The molecule has 5 nitrogen and oxygen atoms in total. The van der Waals surface area contributed by atoms with Gasteiger partial charge in [0.15, 0.2) is 5.11 Å². The van der Waals surface area contributed by atoms with Crippen LogP contribution >= 0.6 is 23.8 Å². The van der Waals surface area contributed by atoms with Gasteiger partial charge in [-0.25, -0.2) is 4.39 Å². The van der Waals surface area contributed by atoms with E-state index in [0.29, 0.717) is 27.4 Å². The van der Waals surface area contributed by atoms with Gasteiger partial charge in [-0.2, -0.15) is 4.98 Å². The van der Waals surface area contributed by atoms with Gasteiger partial charge < -0.3 is 9.84 Å². The van der Waals surface area contributed by atoms with Gasteiger partial charge in [0.1, 0.15) is 5.82 Å². The van der Waals surface area contributed by atoms with Gasteiger partial charge in [0, 0.05) is 22.0 Å². The summed E-state index contributed by atoms with van der Waals surface area (Å²) in [7, 11) is 0. The third kappa shape index (κ3) is 4.13. The van der Waals surface area contributed by atoms with Crippen LogP contribution in [0.3, 0.4) is 0 Å². The second kappa shape index (κ2) is 8.77. The Bertz CT molecular complexity index is 1350. The number of benzene rings is 3. The van der Waals surface area contributed by atoms with Crippen molar-refractivity contribution in [2.45, 2.75) is 13.0 Å². The number of hydrogen-bond acceptors (Lipinski definition) is 4. The predicted octanol–water partition coefficient (Wildman–Crippen LogP) is 6.40. The molecule has 1 aliphatic rings. The summed E-state index contributed by atoms with van der Waals surface area (Å²) in [5.74, 6) is 0.271. The van der Waals surface area contributed by atoms with Gasteiger partial charge in [0.2, 0.25) is 5.82 Å². The summed E-state index contributed by atoms with van der Waals surface area (Å²) in [5.41, 5.74) is 4.00. The molecule has 0 radical (unpaired) electrons. The summed E-state index contributed by atoms with van der Waals surface area (Å²) in [5, 5.41) is 8.70. The fourth-order valence-electron chi connectivity index (χ4n) is 3.89. The Hall–Kier alpha value is -3.55. The van der Waals surface area contributed by atoms with E-state index in [9.17, 15) is 4.39 Å². The van der Waals surface area contributed by atoms with Gasteiger partial charge in [0.05, 0.1) is 11.6 Å². The molecule has 3 aromatic carbocycles. The van der Waals surface area contributed by atoms with Crippen LogP contribution in [0.5, 0.6) is 0 Å². The largest absolute Gasteiger partial charge is 0.351 e. The molecule has 5 rings (SSSR count). The average Bonchev–Trinajstić information content (AvgIpc) is 3.30. The quantitative estimate of drug-likeness (QED) is 0.344. The smallest absolute Gasteiger partial charge is 0.258 e. The van der Waals surface area contributed by atoms with Gasteiger partial charge in [-0.1, -0.05) is 59.2 Å². The van der Waals surface area contributed by atoms with Gasteiger partial charge in [-0.3, -0.25) is 4.90 Å². The van der Waals surface area contributed by atoms with Crippen LogP contribution in [0.4, 0.5) is 10.1 Å². The minimum absolute atomic E-state index is 0.303. The van der Waals surface area contributed by atoms with Gasteiger partial charge in [0.25, 0.3) is 5.89 Å². The molecule has 1 aromatic heterocycles. The number of halogens is 2. The molecule has 0 aliphatic carbocycles. The lowest BCUT2D eigenvalue weighted by Gasteiger charge is -2.37. The monoisotopic (exact) mass is 476 g/mol. The summed E-state index contributed by atoms with van der Waals surface area (Å²) in [6.45, 7) is 1.96. The number of nitrogens with one attached hydrogen (secondary N) is 1. The second-order valence-electron chi connectivity index (χ2n) is 7.54. The first-order valence-corrected chi connectivity index (χ1v) is 11.0. The van der Waals surface area contributed by atoms with Crippen LogP contribution in [0.2, 0.25) is 5.02 Å². The third-order valence-corrected chi connectivity index (χ3v) is 5.99. The highest BCUT2D eigenvalue weighted by molar-refractivity contribution is 7.80. The molecule has 0 saturated carbocycles. The molecule has 4 aromatic rings. The number of allylic oxidation sites excluding steroid dienone is 1. The van der Waals surface area contributed by atoms with E-state index >= 15 is 0 Å². The molecule has 0 fully saturated rings. The van der Waals surface area contributed by atoms with Crippen LogP contribution in [-0.4, -0.2) is 15.3 Å². The van der Waals surface area contributed by atoms with E-state index in [-0.39, 0.29) is 11.9 Å². The highest BCUT2D eigenvalue weighted by Crippen LogP contribution is 2.39. The predicted molar refractivity (Wildman–Crippen MR) is 131 cm³/mol. The van der Waals surface area contributed by atoms with Crippen molar-refractivity contribution in [1.29, 1.82) is 0 Å². The zero-order valence-electron chi connectivity index (χ0n) is 17.5. The summed E-state index contributed by atoms with van der Waals surface area (Å²) < 4.78 is 19.4. The molecule has 33 heavy (non-hydrogen) atoms. The zero-order valence-corrected chi connectivity index (χ0v) is 19.1. The number of hydrogen-bond donors (Lipinski definition) is 1. The van der Waals surface area contributed by atoms with Crippen molar-refractivity contribution in [1.82, 2.24) is 15.5 Å². The Morgan fingerprint density at radius 3 is 2.52 bits per heavy atom. The minimum Gasteiger partial charge on any atom is -0.351 e. The van der Waals surface area contributed by atoms with E-state index in [4.69, 9.17) is 28.3 Å². The maximum atomic E-state index is 13.7. The standard InChI is InChI=1S/C25H18ClFN4OS/c1-15-21(24-29-23(30-32-24)17-8-5-9-19(27)14-17)22(16-6-3-2-4-7-16)28-25(33)31(15)20-12-10-18(26)11-13-20/h2-14,22H,1H3,(H,28,33). The van der Waals surface area contributed by atoms with Crippen molar-refractivity contribution >= 4 is 40.2 Å². The van der Waals surface area contributed by atoms with E-state index in [1.54, 1.807) is 12.1 Å². The first kappa shape index (κ1) is 21.3. The van der Waals surface area contributed by atoms with Gasteiger partial charge in [-0.15, -0.1) is 0 Å². The van der Waals surface area contributed by atoms with E-state index in [1.165, 1.54) is 12.1 Å². The normalized spacial score (nSPS) is 16.2. The summed E-state index contributed by atoms with van der Waals surface area (Å²) in [6, 6.07) is 23.1. The van der Waals surface area contributed by atoms with E-state index in [2.05, 4.69) is 15.5 Å². The number of rotatable bonds is 4. The Morgan fingerprint density at radius 2 is 1.79 bits per heavy atom. The summed E-state index contributed by atoms with van der Waals surface area (Å²) >= 11 is 11.8. The molecule has 1 aliphatic heterocycles. The molecule has 0 amide bonds. The molecule has 2 heterocycles. The topological polar surface area (TPSA) is 54.2 Å². The minimum atomic E-state index is -0.366. The molecule has 164 valence electrons. The van der Waals surface area contributed by atoms with Crippen molar-refractivity contribution in [3.05, 3.63) is 107 Å². The maximum absolute atomic E-state index is 13.7. The number of anilines is 1. The average molecular weight is 477 g/mol. The lowest BCUT2D eigenvalue weighted by molar-refractivity contribution is 0.404. The first-order chi connectivity index (χ1) is 16.0. The van der Waals surface area contributed by atoms with Crippen LogP contribution in [0, 0.1) is 5.82 Å². The Balaban J connectivity index is 1.65. The van der Waals surface area contributed by atoms with Crippen molar-refractivity contribution in [2.75, 3.05) is 4.90 Å². The fraction of sp³-hybridized carbons (Fsp3) is 0.0800. The molecule has 1 atom stereocenters. The van der Waals surface area contributed by atoms with Crippen LogP contribution in [0.1, 0.15) is 24.4 Å². The highest BCUT2D eigenvalue weighted by Gasteiger charge is 2.34. The Morgan fingerprint density at radius 1 is 1.03 bits per heavy atom. The highest BCUT2D eigenvalue weighted by atomic mass is 35.5. The molecule has 1 N–H and O–H groups in total. The third-order valence-electron chi connectivity index (χ3n) is 5.44. The fourth-order valence-corrected chi connectivity index (χ4v) is 4.38. The second-order valence-corrected chi connectivity index (χ2v) is 8.36. The number of aromatic nitrogens is 2. The summed E-state index contributed by atoms with van der Waals surface area (Å²) in [6.07, 6.45) is 0. The maximum Gasteiger partial charge on any atom is 0.258 e. The van der Waals surface area contributed by atoms with Crippen LogP contribution < -0.4 is 10.2 Å². The first-order valence-electron chi connectivity index (χ1n) is 10.2. The van der Waals surface area contributed by atoms with E-state index in [1.807, 2.05) is 66.4 Å². The van der Waals surface area contributed by atoms with Gasteiger partial charge >= 0.3 is 0 Å². The summed E-state index contributed by atoms with van der Waals surface area (Å²) in [4.78, 5) is 6.51. The number of nitrogens with zero attached hydrogens (tertiary/aromatic N) is 3. The Labute approximate surface area is 200 Å². The van der Waals surface area contributed by atoms with Crippen LogP contribution in [-0.2, 0) is 0 Å². The van der Waals surface area contributed by atoms with Crippen molar-refractivity contribution in [2.24, 2.45) is 0 Å². The van der Waals surface area contributed by atoms with Crippen molar-refractivity contribution in [3.63, 3.8) is 0 Å². The van der Waals surface area contributed by atoms with E-state index < -0.39 is 0 Å². The molecule has 0 bridgehead atoms.